The molecule has 0 saturated heterocycles. The number of nitrogens with two attached hydrogens (primary N) is 1. The van der Waals surface area contributed by atoms with Gasteiger partial charge in [-0.1, -0.05) is 12.1 Å². The number of nitrogens with one attached hydrogen (secondary N) is 1. The molecule has 0 aliphatic carbocycles. The lowest BCUT2D eigenvalue weighted by Crippen LogP contribution is -2.16. The lowest BCUT2D eigenvalue weighted by molar-refractivity contribution is 0.1000. The number of pyridine rings is 1. The summed E-state index contributed by atoms with van der Waals surface area (Å²) >= 11 is 0. The molecule has 0 aliphatic rings. The first-order chi connectivity index (χ1) is 9.08. The van der Waals surface area contributed by atoms with Gasteiger partial charge in [-0.25, -0.2) is 4.98 Å². The molecule has 0 atom stereocenters. The van der Waals surface area contributed by atoms with E-state index in [-0.39, 0.29) is 5.91 Å². The molecule has 1 aromatic carbocycles. The SMILES string of the molecule is Cc1cccnc1NC(=O)c1cccc(C(N)=O)c1. The number of rotatable bonds is 3. The number of benzene rings is 1. The second-order valence-corrected chi connectivity index (χ2v) is 4.07. The number of amides is 2. The van der Waals surface area contributed by atoms with Crippen LogP contribution in [0.15, 0.2) is 42.6 Å². The fourth-order valence-corrected chi connectivity index (χ4v) is 1.61. The third-order valence-corrected chi connectivity index (χ3v) is 2.65. The topological polar surface area (TPSA) is 85.1 Å². The number of primary amides is 1. The molecule has 2 rings (SSSR count). The molecule has 0 spiro atoms. The molecule has 0 aliphatic heterocycles. The molecule has 0 fully saturated rings. The summed E-state index contributed by atoms with van der Waals surface area (Å²) < 4.78 is 0. The van der Waals surface area contributed by atoms with E-state index in [0.717, 1.165) is 5.56 Å². The Morgan fingerprint density at radius 1 is 1.16 bits per heavy atom. The first-order valence-corrected chi connectivity index (χ1v) is 5.71. The Labute approximate surface area is 110 Å². The summed E-state index contributed by atoms with van der Waals surface area (Å²) in [5.41, 5.74) is 6.70. The summed E-state index contributed by atoms with van der Waals surface area (Å²) in [5.74, 6) is -0.398. The fourth-order valence-electron chi connectivity index (χ4n) is 1.61. The van der Waals surface area contributed by atoms with Gasteiger partial charge in [0.1, 0.15) is 5.82 Å². The monoisotopic (exact) mass is 255 g/mol. The molecule has 0 radical (unpaired) electrons. The number of hydrogen-bond donors (Lipinski definition) is 2. The van der Waals surface area contributed by atoms with Crippen molar-refractivity contribution in [3.63, 3.8) is 0 Å². The molecule has 1 heterocycles. The zero-order valence-corrected chi connectivity index (χ0v) is 10.4. The van der Waals surface area contributed by atoms with Crippen LogP contribution in [0.2, 0.25) is 0 Å². The predicted molar refractivity (Wildman–Crippen MR) is 71.9 cm³/mol. The maximum atomic E-state index is 12.0. The summed E-state index contributed by atoms with van der Waals surface area (Å²) in [4.78, 5) is 27.2. The van der Waals surface area contributed by atoms with Gasteiger partial charge >= 0.3 is 0 Å². The summed E-state index contributed by atoms with van der Waals surface area (Å²) in [6.45, 7) is 1.85. The van der Waals surface area contributed by atoms with Crippen LogP contribution in [0, 0.1) is 6.92 Å². The summed E-state index contributed by atoms with van der Waals surface area (Å²) in [6.07, 6.45) is 1.60. The van der Waals surface area contributed by atoms with Gasteiger partial charge < -0.3 is 11.1 Å². The van der Waals surface area contributed by atoms with Gasteiger partial charge in [-0.15, -0.1) is 0 Å². The van der Waals surface area contributed by atoms with Crippen molar-refractivity contribution in [3.8, 4) is 0 Å². The Morgan fingerprint density at radius 3 is 2.58 bits per heavy atom. The van der Waals surface area contributed by atoms with Gasteiger partial charge in [-0.05, 0) is 36.8 Å². The normalized spacial score (nSPS) is 9.95. The van der Waals surface area contributed by atoms with Gasteiger partial charge in [0.15, 0.2) is 0 Å². The maximum Gasteiger partial charge on any atom is 0.256 e. The standard InChI is InChI=1S/C14H13N3O2/c1-9-4-3-7-16-13(9)17-14(19)11-6-2-5-10(8-11)12(15)18/h2-8H,1H3,(H2,15,18)(H,16,17,19). The fraction of sp³-hybridized carbons (Fsp3) is 0.0714. The van der Waals surface area contributed by atoms with Gasteiger partial charge in [-0.2, -0.15) is 0 Å². The number of carbonyl (C=O) groups is 2. The van der Waals surface area contributed by atoms with E-state index in [1.54, 1.807) is 30.5 Å². The molecule has 5 nitrogen and oxygen atoms in total. The smallest absolute Gasteiger partial charge is 0.256 e. The van der Waals surface area contributed by atoms with E-state index < -0.39 is 5.91 Å². The average molecular weight is 255 g/mol. The van der Waals surface area contributed by atoms with Crippen molar-refractivity contribution in [2.75, 3.05) is 5.32 Å². The Hall–Kier alpha value is -2.69. The van der Waals surface area contributed by atoms with Crippen LogP contribution in [0.1, 0.15) is 26.3 Å². The van der Waals surface area contributed by atoms with Crippen LogP contribution < -0.4 is 11.1 Å². The number of aryl methyl sites for hydroxylation is 1. The van der Waals surface area contributed by atoms with Crippen molar-refractivity contribution in [2.24, 2.45) is 5.73 Å². The van der Waals surface area contributed by atoms with Crippen molar-refractivity contribution >= 4 is 17.6 Å². The van der Waals surface area contributed by atoms with Gasteiger partial charge in [-0.3, -0.25) is 9.59 Å². The summed E-state index contributed by atoms with van der Waals surface area (Å²) in [6, 6.07) is 9.88. The van der Waals surface area contributed by atoms with E-state index in [9.17, 15) is 9.59 Å². The third kappa shape index (κ3) is 2.95. The lowest BCUT2D eigenvalue weighted by atomic mass is 10.1. The quantitative estimate of drug-likeness (QED) is 0.876. The molecule has 1 aromatic heterocycles. The van der Waals surface area contributed by atoms with Crippen LogP contribution in [-0.2, 0) is 0 Å². The predicted octanol–water partition coefficient (Wildman–Crippen LogP) is 1.74. The molecule has 19 heavy (non-hydrogen) atoms. The van der Waals surface area contributed by atoms with Crippen LogP contribution >= 0.6 is 0 Å². The van der Waals surface area contributed by atoms with E-state index in [4.69, 9.17) is 5.73 Å². The van der Waals surface area contributed by atoms with Crippen LogP contribution in [0.25, 0.3) is 0 Å². The molecule has 0 bridgehead atoms. The lowest BCUT2D eigenvalue weighted by Gasteiger charge is -2.07. The Kier molecular flexibility index (Phi) is 3.56. The van der Waals surface area contributed by atoms with E-state index in [1.807, 2.05) is 13.0 Å². The third-order valence-electron chi connectivity index (χ3n) is 2.65. The van der Waals surface area contributed by atoms with Crippen LogP contribution in [0.3, 0.4) is 0 Å². The highest BCUT2D eigenvalue weighted by Crippen LogP contribution is 2.12. The molecule has 0 unspecified atom stereocenters. The largest absolute Gasteiger partial charge is 0.366 e. The number of carbonyl (C=O) groups excluding carboxylic acids is 2. The van der Waals surface area contributed by atoms with E-state index in [0.29, 0.717) is 16.9 Å². The van der Waals surface area contributed by atoms with Gasteiger partial charge in [0.05, 0.1) is 0 Å². The molecule has 2 amide bonds. The zero-order valence-electron chi connectivity index (χ0n) is 10.4. The number of aromatic nitrogens is 1. The van der Waals surface area contributed by atoms with Gasteiger partial charge in [0.25, 0.3) is 5.91 Å². The van der Waals surface area contributed by atoms with Crippen molar-refractivity contribution < 1.29 is 9.59 Å². The minimum atomic E-state index is -0.566. The Balaban J connectivity index is 2.23. The zero-order chi connectivity index (χ0) is 13.8. The molecule has 2 aromatic rings. The molecular formula is C14H13N3O2. The van der Waals surface area contributed by atoms with Crippen molar-refractivity contribution in [1.29, 1.82) is 0 Å². The Morgan fingerprint density at radius 2 is 1.89 bits per heavy atom. The van der Waals surface area contributed by atoms with Crippen LogP contribution in [0.4, 0.5) is 5.82 Å². The first kappa shape index (κ1) is 12.8. The van der Waals surface area contributed by atoms with E-state index >= 15 is 0 Å². The summed E-state index contributed by atoms with van der Waals surface area (Å²) in [5, 5.41) is 2.69. The second-order valence-electron chi connectivity index (χ2n) is 4.07. The maximum absolute atomic E-state index is 12.0. The molecule has 96 valence electrons. The number of anilines is 1. The highest BCUT2D eigenvalue weighted by Gasteiger charge is 2.10. The van der Waals surface area contributed by atoms with Crippen molar-refractivity contribution in [2.45, 2.75) is 6.92 Å². The molecule has 3 N–H and O–H groups in total. The van der Waals surface area contributed by atoms with E-state index in [1.165, 1.54) is 6.07 Å². The second kappa shape index (κ2) is 5.30. The highest BCUT2D eigenvalue weighted by atomic mass is 16.2. The molecular weight excluding hydrogens is 242 g/mol. The van der Waals surface area contributed by atoms with Crippen molar-refractivity contribution in [1.82, 2.24) is 4.98 Å². The number of hydrogen-bond acceptors (Lipinski definition) is 3. The average Bonchev–Trinajstić information content (AvgIpc) is 2.41. The Bertz CT molecular complexity index is 638. The highest BCUT2D eigenvalue weighted by molar-refractivity contribution is 6.05. The minimum absolute atomic E-state index is 0.297. The molecule has 5 heteroatoms. The van der Waals surface area contributed by atoms with Crippen molar-refractivity contribution in [3.05, 3.63) is 59.3 Å². The minimum Gasteiger partial charge on any atom is -0.366 e. The van der Waals surface area contributed by atoms with Crippen LogP contribution in [0.5, 0.6) is 0 Å². The number of nitrogens with zero attached hydrogens (tertiary/aromatic N) is 1. The van der Waals surface area contributed by atoms with Crippen LogP contribution in [-0.4, -0.2) is 16.8 Å². The summed E-state index contributed by atoms with van der Waals surface area (Å²) in [7, 11) is 0. The first-order valence-electron chi connectivity index (χ1n) is 5.71. The van der Waals surface area contributed by atoms with Gasteiger partial charge in [0.2, 0.25) is 5.91 Å². The van der Waals surface area contributed by atoms with Gasteiger partial charge in [0, 0.05) is 17.3 Å². The van der Waals surface area contributed by atoms with E-state index in [2.05, 4.69) is 10.3 Å². The molecule has 0 saturated carbocycles.